The van der Waals surface area contributed by atoms with Crippen LogP contribution in [0.3, 0.4) is 0 Å². The van der Waals surface area contributed by atoms with Crippen LogP contribution in [-0.4, -0.2) is 60.4 Å². The summed E-state index contributed by atoms with van der Waals surface area (Å²) >= 11 is 7.00. The molecule has 1 saturated heterocycles. The highest BCUT2D eigenvalue weighted by molar-refractivity contribution is 6.31. The minimum Gasteiger partial charge on any atom is -0.494 e. The van der Waals surface area contributed by atoms with Crippen LogP contribution in [0.1, 0.15) is 70.6 Å². The van der Waals surface area contributed by atoms with Gasteiger partial charge in [0, 0.05) is 16.1 Å². The third-order valence-corrected chi connectivity index (χ3v) is 11.2. The summed E-state index contributed by atoms with van der Waals surface area (Å²) in [6.07, 6.45) is -4.89. The molecule has 0 amide bonds. The highest BCUT2D eigenvalue weighted by atomic mass is 35.5. The van der Waals surface area contributed by atoms with Crippen molar-refractivity contribution in [1.82, 2.24) is 0 Å². The zero-order chi connectivity index (χ0) is 44.1. The molecule has 9 nitrogen and oxygen atoms in total. The monoisotopic (exact) mass is 870 g/mol. The molecule has 5 atom stereocenters. The molecule has 0 saturated carbocycles. The van der Waals surface area contributed by atoms with Gasteiger partial charge in [0.1, 0.15) is 35.8 Å². The number of aliphatic hydroxyl groups excluding tert-OH is 1. The van der Waals surface area contributed by atoms with Crippen molar-refractivity contribution in [3.05, 3.63) is 208 Å². The highest BCUT2D eigenvalue weighted by Crippen LogP contribution is 2.39. The lowest BCUT2D eigenvalue weighted by Gasteiger charge is -2.40. The topological polar surface area (TPSA) is 102 Å². The number of hydrogen-bond acceptors (Lipinski definition) is 9. The Morgan fingerprint density at radius 2 is 1.21 bits per heavy atom. The van der Waals surface area contributed by atoms with E-state index in [1.165, 1.54) is 0 Å². The van der Waals surface area contributed by atoms with Crippen molar-refractivity contribution in [1.29, 1.82) is 0 Å². The van der Waals surface area contributed by atoms with Gasteiger partial charge in [0.15, 0.2) is 11.6 Å². The standard InChI is InChI=1S/C53H55ClO9/c1-4-58-44-28-25-42(26-29-44)49(59-33-39-19-11-6-12-20-39)45-31-43(27-30-46(45)54)47(55)50(60-34-40-21-13-7-14-22-40)48(56)51(61-35-41-23-15-8-16-24-41)53(37-62-52(2,3)63-53)36-57-32-38-17-9-5-10-18-38/h5-31,48-51,56H,4,32-37H2,1-3H3/t48-,49?,50+,51+,53?/m1/s1. The average molecular weight is 871 g/mol. The summed E-state index contributed by atoms with van der Waals surface area (Å²) in [7, 11) is 0. The van der Waals surface area contributed by atoms with Crippen LogP contribution in [-0.2, 0) is 54.8 Å². The molecule has 1 heterocycles. The Kier molecular flexibility index (Phi) is 15.9. The van der Waals surface area contributed by atoms with Gasteiger partial charge in [-0.15, -0.1) is 0 Å². The fraction of sp³-hybridized carbons (Fsp3) is 0.302. The molecule has 7 rings (SSSR count). The molecule has 0 aromatic heterocycles. The van der Waals surface area contributed by atoms with Crippen LogP contribution in [0.2, 0.25) is 5.02 Å². The van der Waals surface area contributed by atoms with Crippen molar-refractivity contribution in [3.8, 4) is 5.75 Å². The quantitative estimate of drug-likeness (QED) is 0.0668. The molecule has 0 bridgehead atoms. The summed E-state index contributed by atoms with van der Waals surface area (Å²) in [5.41, 5.74) is 3.87. The Morgan fingerprint density at radius 1 is 0.683 bits per heavy atom. The largest absolute Gasteiger partial charge is 0.494 e. The van der Waals surface area contributed by atoms with E-state index < -0.39 is 41.6 Å². The number of Topliss-reactive ketones (excluding diaryl/α,β-unsaturated/α-hetero) is 1. The van der Waals surface area contributed by atoms with Crippen molar-refractivity contribution in [2.45, 2.75) is 83.0 Å². The first-order valence-corrected chi connectivity index (χ1v) is 21.7. The van der Waals surface area contributed by atoms with Gasteiger partial charge in [-0.3, -0.25) is 4.79 Å². The van der Waals surface area contributed by atoms with Crippen LogP contribution in [0.5, 0.6) is 5.75 Å². The highest BCUT2D eigenvalue weighted by Gasteiger charge is 2.56. The minimum absolute atomic E-state index is 0.0124. The number of rotatable bonds is 22. The molecule has 6 aromatic rings. The Hall–Kier alpha value is -5.20. The number of benzene rings is 6. The van der Waals surface area contributed by atoms with Crippen LogP contribution < -0.4 is 4.74 Å². The van der Waals surface area contributed by atoms with Crippen LogP contribution in [0, 0.1) is 0 Å². The molecule has 1 fully saturated rings. The fourth-order valence-electron chi connectivity index (χ4n) is 7.71. The van der Waals surface area contributed by atoms with Crippen molar-refractivity contribution in [2.24, 2.45) is 0 Å². The van der Waals surface area contributed by atoms with Crippen molar-refractivity contribution in [3.63, 3.8) is 0 Å². The number of hydrogen-bond donors (Lipinski definition) is 1. The van der Waals surface area contributed by atoms with Crippen molar-refractivity contribution in [2.75, 3.05) is 19.8 Å². The Balaban J connectivity index is 1.26. The number of aliphatic hydroxyl groups is 1. The second-order valence-corrected chi connectivity index (χ2v) is 16.4. The number of ether oxygens (including phenoxy) is 7. The number of carbonyl (C=O) groups is 1. The predicted octanol–water partition coefficient (Wildman–Crippen LogP) is 10.5. The van der Waals surface area contributed by atoms with Crippen LogP contribution >= 0.6 is 11.6 Å². The van der Waals surface area contributed by atoms with Crippen molar-refractivity contribution < 1.29 is 43.1 Å². The third-order valence-electron chi connectivity index (χ3n) is 10.8. The van der Waals surface area contributed by atoms with Gasteiger partial charge in [-0.1, -0.05) is 145 Å². The average Bonchev–Trinajstić information content (AvgIpc) is 3.63. The number of carbonyl (C=O) groups excluding carboxylic acids is 1. The first-order valence-electron chi connectivity index (χ1n) is 21.3. The molecule has 0 aliphatic carbocycles. The lowest BCUT2D eigenvalue weighted by atomic mass is 9.87. The van der Waals surface area contributed by atoms with Gasteiger partial charge in [-0.05, 0) is 78.9 Å². The summed E-state index contributed by atoms with van der Waals surface area (Å²) in [6, 6.07) is 51.4. The van der Waals surface area contributed by atoms with Gasteiger partial charge in [-0.2, -0.15) is 0 Å². The summed E-state index contributed by atoms with van der Waals surface area (Å²) in [6.45, 7) is 6.73. The molecule has 1 aliphatic heterocycles. The van der Waals surface area contributed by atoms with E-state index in [-0.39, 0.29) is 45.2 Å². The van der Waals surface area contributed by atoms with Gasteiger partial charge in [0.25, 0.3) is 0 Å². The van der Waals surface area contributed by atoms with Crippen LogP contribution in [0.25, 0.3) is 0 Å². The van der Waals surface area contributed by atoms with E-state index in [2.05, 4.69) is 0 Å². The minimum atomic E-state index is -1.59. The van der Waals surface area contributed by atoms with Gasteiger partial charge in [0.05, 0.1) is 46.2 Å². The molecule has 6 aromatic carbocycles. The molecule has 1 aliphatic rings. The second kappa shape index (κ2) is 21.9. The second-order valence-electron chi connectivity index (χ2n) is 16.0. The SMILES string of the molecule is CCOc1ccc(C(OCc2ccccc2)c2cc(C(=O)[C@H](OCc3ccccc3)[C@@H](O)[C@H](OCc3ccccc3)C3(COCc4ccccc4)COC(C)(C)O3)ccc2Cl)cc1. The maximum Gasteiger partial charge on any atom is 0.194 e. The summed E-state index contributed by atoms with van der Waals surface area (Å²) in [4.78, 5) is 15.2. The van der Waals surface area contributed by atoms with Crippen LogP contribution in [0.4, 0.5) is 0 Å². The summed E-state index contributed by atoms with van der Waals surface area (Å²) in [5, 5.41) is 13.2. The maximum absolute atomic E-state index is 15.2. The molecule has 1 N–H and O–H groups in total. The van der Waals surface area contributed by atoms with Gasteiger partial charge >= 0.3 is 0 Å². The van der Waals surface area contributed by atoms with Gasteiger partial charge < -0.3 is 38.3 Å². The Morgan fingerprint density at radius 3 is 1.73 bits per heavy atom. The summed E-state index contributed by atoms with van der Waals surface area (Å²) in [5.74, 6) is -0.829. The van der Waals surface area contributed by atoms with E-state index >= 15 is 4.79 Å². The van der Waals surface area contributed by atoms with Crippen LogP contribution in [0.15, 0.2) is 164 Å². The third kappa shape index (κ3) is 12.3. The zero-order valence-electron chi connectivity index (χ0n) is 35.9. The lowest BCUT2D eigenvalue weighted by Crippen LogP contribution is -2.60. The molecule has 0 spiro atoms. The molecular weight excluding hydrogens is 816 g/mol. The molecule has 0 radical (unpaired) electrons. The van der Waals surface area contributed by atoms with E-state index in [0.29, 0.717) is 17.2 Å². The van der Waals surface area contributed by atoms with E-state index in [1.807, 2.05) is 153 Å². The normalized spacial score (nSPS) is 17.7. The zero-order valence-corrected chi connectivity index (χ0v) is 36.7. The molecule has 63 heavy (non-hydrogen) atoms. The smallest absolute Gasteiger partial charge is 0.194 e. The van der Waals surface area contributed by atoms with E-state index in [1.54, 1.807) is 32.0 Å². The molecule has 2 unspecified atom stereocenters. The first kappa shape index (κ1) is 45.8. The first-order chi connectivity index (χ1) is 30.6. The van der Waals surface area contributed by atoms with E-state index in [0.717, 1.165) is 33.6 Å². The fourth-order valence-corrected chi connectivity index (χ4v) is 7.93. The van der Waals surface area contributed by atoms with E-state index in [9.17, 15) is 5.11 Å². The molecular formula is C53H55ClO9. The Bertz CT molecular complexity index is 2310. The van der Waals surface area contributed by atoms with Gasteiger partial charge in [0.2, 0.25) is 0 Å². The van der Waals surface area contributed by atoms with Gasteiger partial charge in [-0.25, -0.2) is 0 Å². The Labute approximate surface area is 375 Å². The van der Waals surface area contributed by atoms with Crippen molar-refractivity contribution >= 4 is 17.4 Å². The lowest BCUT2D eigenvalue weighted by molar-refractivity contribution is -0.236. The number of halogens is 1. The summed E-state index contributed by atoms with van der Waals surface area (Å²) < 4.78 is 44.9. The van der Waals surface area contributed by atoms with E-state index in [4.69, 9.17) is 44.8 Å². The maximum atomic E-state index is 15.2. The number of ketones is 1. The molecule has 10 heteroatoms. The predicted molar refractivity (Wildman–Crippen MR) is 242 cm³/mol. The molecule has 328 valence electrons.